The minimum Gasteiger partial charge on any atom is -0.436 e. The Kier molecular flexibility index (Phi) is 5.62. The molecule has 0 aliphatic rings. The van der Waals surface area contributed by atoms with Crippen molar-refractivity contribution in [2.45, 2.75) is 13.5 Å². The highest BCUT2D eigenvalue weighted by atomic mass is 28.4. The minimum atomic E-state index is -2.61. The molecular weight excluding hydrogens is 204 g/mol. The number of ether oxygens (including phenoxy) is 1. The Bertz CT molecular complexity index is 212. The van der Waals surface area contributed by atoms with Crippen LogP contribution >= 0.6 is 0 Å². The molecular formula is C8H16O5Si. The summed E-state index contributed by atoms with van der Waals surface area (Å²) in [7, 11) is 0.359. The molecule has 0 spiro atoms. The molecule has 0 saturated heterocycles. The van der Waals surface area contributed by atoms with E-state index in [2.05, 4.69) is 6.58 Å². The summed E-state index contributed by atoms with van der Waals surface area (Å²) in [4.78, 5) is 10.9. The van der Waals surface area contributed by atoms with Gasteiger partial charge < -0.3 is 18.0 Å². The van der Waals surface area contributed by atoms with Crippen molar-refractivity contribution in [3.05, 3.63) is 12.2 Å². The number of hydrogen-bond donors (Lipinski definition) is 0. The SMILES string of the molecule is C=C(C)C(=O)OCO[Si](C)(OC)OC. The Balaban J connectivity index is 3.83. The highest BCUT2D eigenvalue weighted by Gasteiger charge is 2.32. The molecule has 14 heavy (non-hydrogen) atoms. The number of rotatable bonds is 6. The quantitative estimate of drug-likeness (QED) is 0.288. The Morgan fingerprint density at radius 2 is 1.86 bits per heavy atom. The number of esters is 1. The van der Waals surface area contributed by atoms with Crippen molar-refractivity contribution in [2.75, 3.05) is 21.0 Å². The largest absolute Gasteiger partial charge is 0.499 e. The standard InChI is InChI=1S/C8H16O5Si/c1-7(2)8(9)12-6-13-14(5,10-3)11-4/h1,6H2,2-5H3. The summed E-state index contributed by atoms with van der Waals surface area (Å²) in [5, 5.41) is 0. The van der Waals surface area contributed by atoms with Gasteiger partial charge in [0, 0.05) is 26.3 Å². The van der Waals surface area contributed by atoms with Crippen LogP contribution in [-0.2, 0) is 22.8 Å². The van der Waals surface area contributed by atoms with Crippen molar-refractivity contribution in [2.24, 2.45) is 0 Å². The average Bonchev–Trinajstić information content (AvgIpc) is 2.17. The molecule has 0 aromatic heterocycles. The molecule has 6 heteroatoms. The molecule has 0 N–H and O–H groups in total. The molecule has 0 unspecified atom stereocenters. The first-order valence-corrected chi connectivity index (χ1v) is 6.24. The molecule has 0 atom stereocenters. The van der Waals surface area contributed by atoms with Gasteiger partial charge in [0.05, 0.1) is 0 Å². The highest BCUT2D eigenvalue weighted by molar-refractivity contribution is 6.59. The first-order chi connectivity index (χ1) is 6.45. The van der Waals surface area contributed by atoms with Gasteiger partial charge in [-0.2, -0.15) is 0 Å². The normalized spacial score (nSPS) is 11.1. The first-order valence-electron chi connectivity index (χ1n) is 4.02. The molecule has 5 nitrogen and oxygen atoms in total. The molecule has 0 amide bonds. The van der Waals surface area contributed by atoms with Crippen molar-refractivity contribution in [3.63, 3.8) is 0 Å². The first kappa shape index (κ1) is 13.3. The van der Waals surface area contributed by atoms with Crippen molar-refractivity contribution in [3.8, 4) is 0 Å². The van der Waals surface area contributed by atoms with Gasteiger partial charge in [-0.1, -0.05) is 6.58 Å². The third-order valence-electron chi connectivity index (χ3n) is 1.60. The van der Waals surface area contributed by atoms with Crippen LogP contribution in [0.3, 0.4) is 0 Å². The monoisotopic (exact) mass is 220 g/mol. The van der Waals surface area contributed by atoms with E-state index in [9.17, 15) is 4.79 Å². The zero-order valence-electron chi connectivity index (χ0n) is 8.96. The van der Waals surface area contributed by atoms with Gasteiger partial charge in [0.2, 0.25) is 0 Å². The second kappa shape index (κ2) is 5.92. The van der Waals surface area contributed by atoms with E-state index < -0.39 is 14.8 Å². The van der Waals surface area contributed by atoms with Gasteiger partial charge in [-0.05, 0) is 6.92 Å². The molecule has 0 aromatic carbocycles. The Morgan fingerprint density at radius 1 is 1.36 bits per heavy atom. The van der Waals surface area contributed by atoms with Crippen LogP contribution in [0.1, 0.15) is 6.92 Å². The fourth-order valence-corrected chi connectivity index (χ4v) is 1.19. The highest BCUT2D eigenvalue weighted by Crippen LogP contribution is 2.06. The van der Waals surface area contributed by atoms with Crippen LogP contribution in [0.5, 0.6) is 0 Å². The number of hydrogen-bond acceptors (Lipinski definition) is 5. The lowest BCUT2D eigenvalue weighted by molar-refractivity contribution is -0.147. The van der Waals surface area contributed by atoms with Gasteiger partial charge in [0.25, 0.3) is 0 Å². The second-order valence-electron chi connectivity index (χ2n) is 2.74. The molecule has 0 fully saturated rings. The van der Waals surface area contributed by atoms with Crippen LogP contribution in [0.4, 0.5) is 0 Å². The smallest absolute Gasteiger partial charge is 0.436 e. The molecule has 0 heterocycles. The zero-order chi connectivity index (χ0) is 11.2. The van der Waals surface area contributed by atoms with Crippen LogP contribution in [0.25, 0.3) is 0 Å². The van der Waals surface area contributed by atoms with E-state index in [0.29, 0.717) is 5.57 Å². The summed E-state index contributed by atoms with van der Waals surface area (Å²) in [6.45, 7) is 6.50. The van der Waals surface area contributed by atoms with E-state index in [1.165, 1.54) is 14.2 Å². The van der Waals surface area contributed by atoms with E-state index in [1.54, 1.807) is 13.5 Å². The van der Waals surface area contributed by atoms with E-state index >= 15 is 0 Å². The summed E-state index contributed by atoms with van der Waals surface area (Å²) in [5.41, 5.74) is 0.326. The molecule has 0 bridgehead atoms. The Labute approximate surface area is 85.0 Å². The third kappa shape index (κ3) is 4.52. The van der Waals surface area contributed by atoms with Gasteiger partial charge in [-0.3, -0.25) is 0 Å². The summed E-state index contributed by atoms with van der Waals surface area (Å²) in [6.07, 6.45) is 0. The van der Waals surface area contributed by atoms with Crippen molar-refractivity contribution in [1.29, 1.82) is 0 Å². The summed E-state index contributed by atoms with van der Waals surface area (Å²) in [6, 6.07) is 0. The molecule has 0 radical (unpaired) electrons. The van der Waals surface area contributed by atoms with Crippen molar-refractivity contribution >= 4 is 14.8 Å². The van der Waals surface area contributed by atoms with E-state index in [4.69, 9.17) is 18.0 Å². The van der Waals surface area contributed by atoms with Crippen LogP contribution in [0.2, 0.25) is 6.55 Å². The lowest BCUT2D eigenvalue weighted by Crippen LogP contribution is -2.41. The minimum absolute atomic E-state index is 0.184. The Hall–Kier alpha value is -0.693. The predicted molar refractivity (Wildman–Crippen MR) is 52.5 cm³/mol. The van der Waals surface area contributed by atoms with Crippen molar-refractivity contribution < 1.29 is 22.8 Å². The van der Waals surface area contributed by atoms with Crippen LogP contribution in [0, 0.1) is 0 Å². The van der Waals surface area contributed by atoms with Gasteiger partial charge in [-0.25, -0.2) is 4.79 Å². The summed E-state index contributed by atoms with van der Waals surface area (Å²) < 4.78 is 19.9. The zero-order valence-corrected chi connectivity index (χ0v) is 9.96. The number of carbonyl (C=O) groups excluding carboxylic acids is 1. The lowest BCUT2D eigenvalue weighted by Gasteiger charge is -2.21. The van der Waals surface area contributed by atoms with Gasteiger partial charge in [0.1, 0.15) is 0 Å². The van der Waals surface area contributed by atoms with Crippen molar-refractivity contribution in [1.82, 2.24) is 0 Å². The molecule has 0 aliphatic carbocycles. The van der Waals surface area contributed by atoms with E-state index in [-0.39, 0.29) is 6.79 Å². The van der Waals surface area contributed by atoms with Crippen LogP contribution < -0.4 is 0 Å². The second-order valence-corrected chi connectivity index (χ2v) is 5.57. The van der Waals surface area contributed by atoms with Crippen LogP contribution in [-0.4, -0.2) is 35.8 Å². The van der Waals surface area contributed by atoms with Gasteiger partial charge >= 0.3 is 14.8 Å². The molecule has 0 aromatic rings. The lowest BCUT2D eigenvalue weighted by atomic mass is 10.4. The summed E-state index contributed by atoms with van der Waals surface area (Å²) in [5.74, 6) is -0.492. The van der Waals surface area contributed by atoms with Gasteiger partial charge in [-0.15, -0.1) is 0 Å². The maximum absolute atomic E-state index is 10.9. The third-order valence-corrected chi connectivity index (χ3v) is 3.73. The Morgan fingerprint density at radius 3 is 2.21 bits per heavy atom. The van der Waals surface area contributed by atoms with E-state index in [1.807, 2.05) is 0 Å². The fraction of sp³-hybridized carbons (Fsp3) is 0.625. The molecule has 0 saturated carbocycles. The molecule has 0 aliphatic heterocycles. The molecule has 0 rings (SSSR count). The average molecular weight is 220 g/mol. The topological polar surface area (TPSA) is 54.0 Å². The number of carbonyl (C=O) groups is 1. The maximum Gasteiger partial charge on any atom is 0.499 e. The van der Waals surface area contributed by atoms with E-state index in [0.717, 1.165) is 0 Å². The summed E-state index contributed by atoms with van der Waals surface area (Å²) >= 11 is 0. The fourth-order valence-electron chi connectivity index (χ4n) is 0.514. The van der Waals surface area contributed by atoms with Gasteiger partial charge in [0.15, 0.2) is 6.79 Å². The van der Waals surface area contributed by atoms with Crippen LogP contribution in [0.15, 0.2) is 12.2 Å². The molecule has 82 valence electrons. The predicted octanol–water partition coefficient (Wildman–Crippen LogP) is 0.941. The maximum atomic E-state index is 10.9.